The zero-order valence-corrected chi connectivity index (χ0v) is 25.0. The highest BCUT2D eigenvalue weighted by molar-refractivity contribution is 6.15. The molecular formula is C43H28N2O. The highest BCUT2D eigenvalue weighted by Crippen LogP contribution is 2.40. The molecule has 0 amide bonds. The highest BCUT2D eigenvalue weighted by atomic mass is 16.3. The number of benzene rings is 7. The minimum atomic E-state index is 0.855. The molecule has 2 heterocycles. The Bertz CT molecular complexity index is 2510. The molecule has 46 heavy (non-hydrogen) atoms. The Balaban J connectivity index is 1.17. The first kappa shape index (κ1) is 26.2. The maximum absolute atomic E-state index is 6.32. The predicted molar refractivity (Wildman–Crippen MR) is 192 cm³/mol. The third-order valence-electron chi connectivity index (χ3n) is 8.95. The first-order valence-electron chi connectivity index (χ1n) is 15.5. The highest BCUT2D eigenvalue weighted by Gasteiger charge is 2.16. The van der Waals surface area contributed by atoms with Crippen LogP contribution in [0.2, 0.25) is 0 Å². The smallest absolute Gasteiger partial charge is 0.143 e. The molecule has 0 radical (unpaired) electrons. The second-order valence-corrected chi connectivity index (χ2v) is 11.6. The van der Waals surface area contributed by atoms with Crippen molar-refractivity contribution >= 4 is 60.5 Å². The number of hydrogen-bond donors (Lipinski definition) is 0. The third kappa shape index (κ3) is 4.41. The van der Waals surface area contributed by atoms with E-state index in [0.717, 1.165) is 49.8 Å². The molecule has 9 rings (SSSR count). The van der Waals surface area contributed by atoms with Crippen LogP contribution in [0.5, 0.6) is 0 Å². The maximum Gasteiger partial charge on any atom is 0.143 e. The molecule has 0 unspecified atom stereocenters. The van der Waals surface area contributed by atoms with E-state index in [4.69, 9.17) is 4.42 Å². The maximum atomic E-state index is 6.32. The van der Waals surface area contributed by atoms with Crippen LogP contribution in [-0.2, 0) is 0 Å². The van der Waals surface area contributed by atoms with E-state index in [1.807, 2.05) is 12.3 Å². The van der Waals surface area contributed by atoms with Crippen molar-refractivity contribution in [3.8, 4) is 22.3 Å². The van der Waals surface area contributed by atoms with Gasteiger partial charge in [-0.15, -0.1) is 0 Å². The predicted octanol–water partition coefficient (Wildman–Crippen LogP) is 12.1. The van der Waals surface area contributed by atoms with Gasteiger partial charge in [0, 0.05) is 45.6 Å². The lowest BCUT2D eigenvalue weighted by Gasteiger charge is -2.26. The number of aromatic nitrogens is 1. The summed E-state index contributed by atoms with van der Waals surface area (Å²) in [6.07, 6.45) is 3.65. The number of pyridine rings is 1. The second-order valence-electron chi connectivity index (χ2n) is 11.6. The summed E-state index contributed by atoms with van der Waals surface area (Å²) >= 11 is 0. The summed E-state index contributed by atoms with van der Waals surface area (Å²) < 4.78 is 6.32. The molecule has 0 aliphatic rings. The van der Waals surface area contributed by atoms with Crippen LogP contribution in [-0.4, -0.2) is 4.98 Å². The Morgan fingerprint density at radius 2 is 1.11 bits per heavy atom. The van der Waals surface area contributed by atoms with Gasteiger partial charge in [-0.1, -0.05) is 103 Å². The van der Waals surface area contributed by atoms with Crippen molar-refractivity contribution in [2.75, 3.05) is 4.90 Å². The lowest BCUT2D eigenvalue weighted by Crippen LogP contribution is -2.09. The Morgan fingerprint density at radius 1 is 0.435 bits per heavy atom. The largest absolute Gasteiger partial charge is 0.455 e. The van der Waals surface area contributed by atoms with E-state index in [9.17, 15) is 0 Å². The lowest BCUT2D eigenvalue weighted by molar-refractivity contribution is 0.672. The SMILES string of the molecule is c1ccc(-c2ccc(N(c3ccc(-c4cccc5ccccc45)cc3)c3ccc4c(ccc5c6cnccc6oc45)c3)cc2)cc1. The van der Waals surface area contributed by atoms with E-state index in [2.05, 4.69) is 162 Å². The van der Waals surface area contributed by atoms with Crippen LogP contribution < -0.4 is 4.90 Å². The van der Waals surface area contributed by atoms with E-state index in [1.165, 1.54) is 33.0 Å². The Labute approximate surface area is 266 Å². The van der Waals surface area contributed by atoms with E-state index < -0.39 is 0 Å². The number of furan rings is 1. The van der Waals surface area contributed by atoms with Crippen LogP contribution >= 0.6 is 0 Å². The van der Waals surface area contributed by atoms with Crippen LogP contribution in [0.15, 0.2) is 175 Å². The van der Waals surface area contributed by atoms with E-state index in [0.29, 0.717) is 0 Å². The van der Waals surface area contributed by atoms with Gasteiger partial charge in [0.15, 0.2) is 0 Å². The van der Waals surface area contributed by atoms with Gasteiger partial charge in [0.2, 0.25) is 0 Å². The second kappa shape index (κ2) is 10.8. The van der Waals surface area contributed by atoms with Crippen molar-refractivity contribution in [3.63, 3.8) is 0 Å². The fourth-order valence-electron chi connectivity index (χ4n) is 6.68. The van der Waals surface area contributed by atoms with Crippen molar-refractivity contribution in [2.45, 2.75) is 0 Å². The molecule has 3 heteroatoms. The monoisotopic (exact) mass is 588 g/mol. The molecule has 9 aromatic rings. The summed E-state index contributed by atoms with van der Waals surface area (Å²) in [7, 11) is 0. The summed E-state index contributed by atoms with van der Waals surface area (Å²) in [5, 5.41) is 6.83. The van der Waals surface area contributed by atoms with Crippen molar-refractivity contribution in [2.24, 2.45) is 0 Å². The summed E-state index contributed by atoms with van der Waals surface area (Å²) in [5.41, 5.74) is 9.83. The van der Waals surface area contributed by atoms with Crippen LogP contribution in [0.3, 0.4) is 0 Å². The zero-order valence-electron chi connectivity index (χ0n) is 25.0. The fourth-order valence-corrected chi connectivity index (χ4v) is 6.68. The normalized spacial score (nSPS) is 11.5. The standard InChI is InChI=1S/C43H28N2O/c1-2-7-29(8-3-1)30-13-18-34(19-14-30)45(35-20-15-32(16-21-35)38-12-6-10-31-9-4-5-11-37(31)38)36-22-24-39-33(27-36)17-23-40-41-28-44-26-25-42(41)46-43(39)40/h1-28H. The van der Waals surface area contributed by atoms with Crippen LogP contribution in [0.4, 0.5) is 17.1 Å². The Hall–Kier alpha value is -6.19. The molecule has 3 nitrogen and oxygen atoms in total. The Morgan fingerprint density at radius 3 is 1.93 bits per heavy atom. The topological polar surface area (TPSA) is 29.3 Å². The van der Waals surface area contributed by atoms with E-state index >= 15 is 0 Å². The van der Waals surface area contributed by atoms with E-state index in [1.54, 1.807) is 6.20 Å². The molecular weight excluding hydrogens is 560 g/mol. The van der Waals surface area contributed by atoms with Crippen LogP contribution in [0.25, 0.3) is 65.7 Å². The summed E-state index contributed by atoms with van der Waals surface area (Å²) in [6, 6.07) is 56.2. The number of fused-ring (bicyclic) bond motifs is 6. The average molecular weight is 589 g/mol. The molecule has 7 aromatic carbocycles. The summed E-state index contributed by atoms with van der Waals surface area (Å²) in [5.74, 6) is 0. The molecule has 0 atom stereocenters. The first-order chi connectivity index (χ1) is 22.8. The number of nitrogens with zero attached hydrogens (tertiary/aromatic N) is 2. The first-order valence-corrected chi connectivity index (χ1v) is 15.5. The number of rotatable bonds is 5. The molecule has 0 aliphatic carbocycles. The van der Waals surface area contributed by atoms with Gasteiger partial charge in [-0.25, -0.2) is 0 Å². The molecule has 216 valence electrons. The minimum Gasteiger partial charge on any atom is -0.455 e. The molecule has 0 saturated heterocycles. The van der Waals surface area contributed by atoms with Gasteiger partial charge < -0.3 is 9.32 Å². The fraction of sp³-hybridized carbons (Fsp3) is 0. The van der Waals surface area contributed by atoms with Gasteiger partial charge in [0.05, 0.1) is 0 Å². The van der Waals surface area contributed by atoms with Gasteiger partial charge in [-0.2, -0.15) is 0 Å². The van der Waals surface area contributed by atoms with Crippen molar-refractivity contribution in [1.29, 1.82) is 0 Å². The van der Waals surface area contributed by atoms with Gasteiger partial charge in [0.25, 0.3) is 0 Å². The van der Waals surface area contributed by atoms with Gasteiger partial charge in [-0.05, 0) is 93.0 Å². The molecule has 0 N–H and O–H groups in total. The molecule has 0 saturated carbocycles. The summed E-state index contributed by atoms with van der Waals surface area (Å²) in [4.78, 5) is 6.65. The third-order valence-corrected chi connectivity index (χ3v) is 8.95. The van der Waals surface area contributed by atoms with Gasteiger partial charge in [0.1, 0.15) is 11.2 Å². The van der Waals surface area contributed by atoms with E-state index in [-0.39, 0.29) is 0 Å². The van der Waals surface area contributed by atoms with Crippen molar-refractivity contribution in [3.05, 3.63) is 170 Å². The van der Waals surface area contributed by atoms with Crippen molar-refractivity contribution < 1.29 is 4.42 Å². The van der Waals surface area contributed by atoms with Crippen LogP contribution in [0.1, 0.15) is 0 Å². The molecule has 0 aliphatic heterocycles. The molecule has 2 aromatic heterocycles. The van der Waals surface area contributed by atoms with Crippen LogP contribution in [0, 0.1) is 0 Å². The quantitative estimate of drug-likeness (QED) is 0.200. The zero-order chi connectivity index (χ0) is 30.5. The number of anilines is 3. The summed E-state index contributed by atoms with van der Waals surface area (Å²) in [6.45, 7) is 0. The average Bonchev–Trinajstić information content (AvgIpc) is 3.52. The van der Waals surface area contributed by atoms with Crippen molar-refractivity contribution in [1.82, 2.24) is 4.98 Å². The Kier molecular flexibility index (Phi) is 6.14. The lowest BCUT2D eigenvalue weighted by atomic mass is 9.98. The van der Waals surface area contributed by atoms with Gasteiger partial charge in [-0.3, -0.25) is 4.98 Å². The van der Waals surface area contributed by atoms with Gasteiger partial charge >= 0.3 is 0 Å². The molecule has 0 bridgehead atoms. The number of hydrogen-bond acceptors (Lipinski definition) is 3. The minimum absolute atomic E-state index is 0.855. The molecule has 0 fully saturated rings. The molecule has 0 spiro atoms.